The Morgan fingerprint density at radius 3 is 3.15 bits per heavy atom. The monoisotopic (exact) mass is 171 g/mol. The molecule has 0 fully saturated rings. The molecule has 2 aliphatic rings. The second kappa shape index (κ2) is 2.79. The van der Waals surface area contributed by atoms with Crippen LogP contribution in [0.15, 0.2) is 33.8 Å². The van der Waals surface area contributed by atoms with E-state index in [1.165, 1.54) is 6.21 Å². The van der Waals surface area contributed by atoms with Crippen molar-refractivity contribution in [2.45, 2.75) is 6.04 Å². The molecule has 0 radical (unpaired) electrons. The Hall–Kier alpha value is -2.02. The summed E-state index contributed by atoms with van der Waals surface area (Å²) in [7, 11) is 0. The van der Waals surface area contributed by atoms with Crippen LogP contribution in [0.5, 0.6) is 0 Å². The normalized spacial score (nSPS) is 24.5. The van der Waals surface area contributed by atoms with Crippen LogP contribution in [0.25, 0.3) is 0 Å². The first-order valence-corrected chi connectivity index (χ1v) is 3.75. The zero-order valence-electron chi connectivity index (χ0n) is 6.64. The van der Waals surface area contributed by atoms with Crippen LogP contribution >= 0.6 is 0 Å². The van der Waals surface area contributed by atoms with Crippen LogP contribution in [0, 0.1) is 11.3 Å². The highest BCUT2D eigenvalue weighted by molar-refractivity contribution is 6.32. The molecule has 1 aliphatic carbocycles. The van der Waals surface area contributed by atoms with Gasteiger partial charge in [-0.3, -0.25) is 9.79 Å². The van der Waals surface area contributed by atoms with Crippen molar-refractivity contribution in [1.29, 1.82) is 5.26 Å². The molecule has 0 N–H and O–H groups in total. The number of nitriles is 1. The number of aliphatic imine (C=N–C) groups is 2. The maximum absolute atomic E-state index is 10.8. The molecule has 1 unspecified atom stereocenters. The van der Waals surface area contributed by atoms with Crippen LogP contribution in [0.3, 0.4) is 0 Å². The molecule has 1 heterocycles. The highest BCUT2D eigenvalue weighted by atomic mass is 16.1. The lowest BCUT2D eigenvalue weighted by Crippen LogP contribution is -2.23. The second-order valence-corrected chi connectivity index (χ2v) is 2.67. The Morgan fingerprint density at radius 1 is 1.54 bits per heavy atom. The lowest BCUT2D eigenvalue weighted by atomic mass is 10.0. The summed E-state index contributed by atoms with van der Waals surface area (Å²) in [4.78, 5) is 18.5. The van der Waals surface area contributed by atoms with E-state index in [1.807, 2.05) is 6.07 Å². The minimum Gasteiger partial charge on any atom is -0.273 e. The lowest BCUT2D eigenvalue weighted by molar-refractivity contribution is -0.111. The predicted octanol–water partition coefficient (Wildman–Crippen LogP) is 0.427. The van der Waals surface area contributed by atoms with Crippen LogP contribution in [-0.2, 0) is 4.79 Å². The molecule has 0 spiro atoms. The quantitative estimate of drug-likeness (QED) is 0.530. The fraction of sp³-hybridized carbons (Fsp3) is 0.111. The largest absolute Gasteiger partial charge is 0.288 e. The maximum Gasteiger partial charge on any atom is 0.288 e. The number of allylic oxidation sites excluding steroid dienone is 2. The summed E-state index contributed by atoms with van der Waals surface area (Å²) in [5.41, 5.74) is 1.05. The molecule has 0 aromatic carbocycles. The molecule has 62 valence electrons. The molecule has 0 bridgehead atoms. The Bertz CT molecular complexity index is 421. The summed E-state index contributed by atoms with van der Waals surface area (Å²) in [6.07, 6.45) is 6.21. The van der Waals surface area contributed by atoms with Crippen LogP contribution < -0.4 is 0 Å². The smallest absolute Gasteiger partial charge is 0.273 e. The molecular formula is C9H5N3O. The highest BCUT2D eigenvalue weighted by Gasteiger charge is 2.18. The Kier molecular flexibility index (Phi) is 1.64. The fourth-order valence-electron chi connectivity index (χ4n) is 1.18. The standard InChI is InChI=1S/C9H5N3O/c10-4-6-1-2-7-8(3-6)12-9(13)5-11-7/h1-3,5,7H. The van der Waals surface area contributed by atoms with Crippen LogP contribution in [0.4, 0.5) is 0 Å². The maximum atomic E-state index is 10.8. The van der Waals surface area contributed by atoms with E-state index in [1.54, 1.807) is 18.2 Å². The van der Waals surface area contributed by atoms with Crippen molar-refractivity contribution >= 4 is 17.8 Å². The van der Waals surface area contributed by atoms with Gasteiger partial charge in [-0.15, -0.1) is 0 Å². The van der Waals surface area contributed by atoms with Gasteiger partial charge in [0.05, 0.1) is 23.6 Å². The average molecular weight is 171 g/mol. The second-order valence-electron chi connectivity index (χ2n) is 2.67. The zero-order valence-corrected chi connectivity index (χ0v) is 6.64. The highest BCUT2D eigenvalue weighted by Crippen LogP contribution is 2.13. The Morgan fingerprint density at radius 2 is 2.38 bits per heavy atom. The number of amides is 1. The van der Waals surface area contributed by atoms with Gasteiger partial charge in [0.1, 0.15) is 6.04 Å². The molecule has 0 aromatic heterocycles. The van der Waals surface area contributed by atoms with E-state index >= 15 is 0 Å². The van der Waals surface area contributed by atoms with Gasteiger partial charge in [-0.25, -0.2) is 4.99 Å². The molecule has 0 saturated heterocycles. The third kappa shape index (κ3) is 1.32. The van der Waals surface area contributed by atoms with Crippen molar-refractivity contribution < 1.29 is 4.79 Å². The van der Waals surface area contributed by atoms with Crippen LogP contribution in [-0.4, -0.2) is 23.9 Å². The molecular weight excluding hydrogens is 166 g/mol. The topological polar surface area (TPSA) is 65.6 Å². The van der Waals surface area contributed by atoms with Crippen molar-refractivity contribution in [2.24, 2.45) is 9.98 Å². The Labute approximate surface area is 74.6 Å². The van der Waals surface area contributed by atoms with E-state index in [0.717, 1.165) is 0 Å². The van der Waals surface area contributed by atoms with Crippen molar-refractivity contribution in [2.75, 3.05) is 0 Å². The molecule has 4 heteroatoms. The third-order valence-corrected chi connectivity index (χ3v) is 1.78. The van der Waals surface area contributed by atoms with Gasteiger partial charge < -0.3 is 0 Å². The van der Waals surface area contributed by atoms with Crippen LogP contribution in [0.1, 0.15) is 0 Å². The molecule has 2 rings (SSSR count). The summed E-state index contributed by atoms with van der Waals surface area (Å²) in [6, 6.07) is 1.80. The number of rotatable bonds is 0. The lowest BCUT2D eigenvalue weighted by Gasteiger charge is -2.14. The summed E-state index contributed by atoms with van der Waals surface area (Å²) < 4.78 is 0. The number of fused-ring (bicyclic) bond motifs is 1. The van der Waals surface area contributed by atoms with Gasteiger partial charge >= 0.3 is 0 Å². The van der Waals surface area contributed by atoms with Gasteiger partial charge in [0.2, 0.25) is 0 Å². The van der Waals surface area contributed by atoms with Crippen molar-refractivity contribution in [1.82, 2.24) is 0 Å². The first kappa shape index (κ1) is 7.62. The van der Waals surface area contributed by atoms with Gasteiger partial charge in [-0.05, 0) is 12.2 Å². The molecule has 13 heavy (non-hydrogen) atoms. The number of hydrogen-bond donors (Lipinski definition) is 0. The first-order chi connectivity index (χ1) is 6.29. The number of hydrogen-bond acceptors (Lipinski definition) is 3. The minimum atomic E-state index is -0.366. The summed E-state index contributed by atoms with van der Waals surface area (Å²) in [5, 5.41) is 8.60. The van der Waals surface area contributed by atoms with E-state index in [9.17, 15) is 4.79 Å². The number of carbonyl (C=O) groups is 1. The zero-order chi connectivity index (χ0) is 9.26. The van der Waals surface area contributed by atoms with Gasteiger partial charge in [0, 0.05) is 0 Å². The molecule has 1 atom stereocenters. The van der Waals surface area contributed by atoms with Crippen molar-refractivity contribution in [3.05, 3.63) is 23.8 Å². The Balaban J connectivity index is 2.40. The third-order valence-electron chi connectivity index (χ3n) is 1.78. The summed E-state index contributed by atoms with van der Waals surface area (Å²) in [6.45, 7) is 0. The fourth-order valence-corrected chi connectivity index (χ4v) is 1.18. The number of carbonyl (C=O) groups excluding carboxylic acids is 1. The molecule has 0 aromatic rings. The average Bonchev–Trinajstić information content (AvgIpc) is 2.16. The van der Waals surface area contributed by atoms with Crippen LogP contribution in [0.2, 0.25) is 0 Å². The molecule has 1 aliphatic heterocycles. The summed E-state index contributed by atoms with van der Waals surface area (Å²) >= 11 is 0. The van der Waals surface area contributed by atoms with E-state index in [4.69, 9.17) is 5.26 Å². The van der Waals surface area contributed by atoms with Gasteiger partial charge in [0.15, 0.2) is 0 Å². The molecule has 4 nitrogen and oxygen atoms in total. The first-order valence-electron chi connectivity index (χ1n) is 3.75. The van der Waals surface area contributed by atoms with E-state index in [0.29, 0.717) is 11.3 Å². The SMILES string of the molecule is N#CC1=CC2=NC(=O)C=NC2C=C1. The predicted molar refractivity (Wildman–Crippen MR) is 47.6 cm³/mol. The van der Waals surface area contributed by atoms with Crippen molar-refractivity contribution in [3.63, 3.8) is 0 Å². The van der Waals surface area contributed by atoms with E-state index < -0.39 is 0 Å². The van der Waals surface area contributed by atoms with Gasteiger partial charge in [-0.2, -0.15) is 5.26 Å². The van der Waals surface area contributed by atoms with Gasteiger partial charge in [0.25, 0.3) is 5.91 Å². The van der Waals surface area contributed by atoms with Crippen molar-refractivity contribution in [3.8, 4) is 6.07 Å². The van der Waals surface area contributed by atoms with E-state index in [2.05, 4.69) is 9.98 Å². The summed E-state index contributed by atoms with van der Waals surface area (Å²) in [5.74, 6) is -0.366. The van der Waals surface area contributed by atoms with Gasteiger partial charge in [-0.1, -0.05) is 6.08 Å². The molecule has 1 amide bonds. The van der Waals surface area contributed by atoms with E-state index in [-0.39, 0.29) is 11.9 Å². The minimum absolute atomic E-state index is 0.185. The molecule has 0 saturated carbocycles. The number of nitrogens with zero attached hydrogens (tertiary/aromatic N) is 3.